The molecule has 2 amide bonds. The Hall–Kier alpha value is -1.76. The second-order valence-corrected chi connectivity index (χ2v) is 5.62. The summed E-state index contributed by atoms with van der Waals surface area (Å²) in [6.07, 6.45) is 1.22. The molecule has 2 rings (SSSR count). The zero-order valence-corrected chi connectivity index (χ0v) is 13.8. The van der Waals surface area contributed by atoms with Crippen molar-refractivity contribution in [1.82, 2.24) is 19.6 Å². The summed E-state index contributed by atoms with van der Waals surface area (Å²) in [5.74, 6) is -0.0219. The van der Waals surface area contributed by atoms with Gasteiger partial charge in [-0.05, 0) is 20.8 Å². The van der Waals surface area contributed by atoms with Gasteiger partial charge in [-0.3, -0.25) is 9.48 Å². The van der Waals surface area contributed by atoms with Crippen molar-refractivity contribution in [2.45, 2.75) is 26.8 Å². The SMILES string of the molecule is CCOC(=O)N1CCN(C(=O)C(C)n2ncc(Cl)c2C)CC1. The first-order valence-corrected chi connectivity index (χ1v) is 7.73. The molecule has 0 saturated carbocycles. The number of halogens is 1. The number of ether oxygens (including phenoxy) is 1. The van der Waals surface area contributed by atoms with Crippen LogP contribution in [0.2, 0.25) is 5.02 Å². The van der Waals surface area contributed by atoms with E-state index in [0.717, 1.165) is 5.69 Å². The van der Waals surface area contributed by atoms with E-state index in [9.17, 15) is 9.59 Å². The first kappa shape index (κ1) is 16.6. The molecular formula is C14H21ClN4O3. The minimum absolute atomic E-state index is 0.0219. The largest absolute Gasteiger partial charge is 0.450 e. The van der Waals surface area contributed by atoms with Crippen molar-refractivity contribution in [2.24, 2.45) is 0 Å². The van der Waals surface area contributed by atoms with Gasteiger partial charge in [-0.25, -0.2) is 4.79 Å². The first-order chi connectivity index (χ1) is 10.5. The summed E-state index contributed by atoms with van der Waals surface area (Å²) in [4.78, 5) is 27.6. The van der Waals surface area contributed by atoms with Crippen molar-refractivity contribution in [3.63, 3.8) is 0 Å². The van der Waals surface area contributed by atoms with Gasteiger partial charge in [0.1, 0.15) is 6.04 Å². The molecule has 1 aliphatic heterocycles. The van der Waals surface area contributed by atoms with Crippen molar-refractivity contribution >= 4 is 23.6 Å². The highest BCUT2D eigenvalue weighted by atomic mass is 35.5. The third kappa shape index (κ3) is 3.35. The number of nitrogens with zero attached hydrogens (tertiary/aromatic N) is 4. The molecule has 0 spiro atoms. The average molecular weight is 329 g/mol. The smallest absolute Gasteiger partial charge is 0.409 e. The number of hydrogen-bond donors (Lipinski definition) is 0. The zero-order valence-electron chi connectivity index (χ0n) is 13.1. The normalized spacial score (nSPS) is 16.5. The Kier molecular flexibility index (Phi) is 5.28. The van der Waals surface area contributed by atoms with Crippen molar-refractivity contribution < 1.29 is 14.3 Å². The summed E-state index contributed by atoms with van der Waals surface area (Å²) < 4.78 is 6.59. The monoisotopic (exact) mass is 328 g/mol. The van der Waals surface area contributed by atoms with Crippen LogP contribution in [-0.4, -0.2) is 64.4 Å². The fraction of sp³-hybridized carbons (Fsp3) is 0.643. The van der Waals surface area contributed by atoms with Crippen LogP contribution in [0.15, 0.2) is 6.20 Å². The molecule has 7 nitrogen and oxygen atoms in total. The Balaban J connectivity index is 1.95. The molecule has 22 heavy (non-hydrogen) atoms. The molecule has 1 fully saturated rings. The van der Waals surface area contributed by atoms with E-state index in [2.05, 4.69) is 5.10 Å². The highest BCUT2D eigenvalue weighted by Gasteiger charge is 2.29. The van der Waals surface area contributed by atoms with Crippen molar-refractivity contribution in [3.05, 3.63) is 16.9 Å². The molecule has 1 aromatic heterocycles. The Morgan fingerprint density at radius 3 is 2.41 bits per heavy atom. The van der Waals surface area contributed by atoms with Crippen molar-refractivity contribution in [3.8, 4) is 0 Å². The van der Waals surface area contributed by atoms with Crippen LogP contribution in [0.5, 0.6) is 0 Å². The van der Waals surface area contributed by atoms with Crippen LogP contribution in [0.3, 0.4) is 0 Å². The number of piperazine rings is 1. The molecule has 0 N–H and O–H groups in total. The van der Waals surface area contributed by atoms with Crippen molar-refractivity contribution in [2.75, 3.05) is 32.8 Å². The number of carbonyl (C=O) groups is 2. The van der Waals surface area contributed by atoms with Crippen molar-refractivity contribution in [1.29, 1.82) is 0 Å². The third-order valence-electron chi connectivity index (χ3n) is 3.83. The molecule has 2 heterocycles. The van der Waals surface area contributed by atoms with Crippen LogP contribution < -0.4 is 0 Å². The lowest BCUT2D eigenvalue weighted by Crippen LogP contribution is -2.52. The lowest BCUT2D eigenvalue weighted by molar-refractivity contribution is -0.136. The van der Waals surface area contributed by atoms with Gasteiger partial charge in [-0.2, -0.15) is 5.10 Å². The Labute approximate surface area is 134 Å². The number of hydrogen-bond acceptors (Lipinski definition) is 4. The lowest BCUT2D eigenvalue weighted by atomic mass is 10.2. The summed E-state index contributed by atoms with van der Waals surface area (Å²) in [5, 5.41) is 4.70. The molecular weight excluding hydrogens is 308 g/mol. The van der Waals surface area contributed by atoms with E-state index in [0.29, 0.717) is 37.8 Å². The fourth-order valence-corrected chi connectivity index (χ4v) is 2.62. The summed E-state index contributed by atoms with van der Waals surface area (Å²) in [6, 6.07) is -0.415. The summed E-state index contributed by atoms with van der Waals surface area (Å²) in [6.45, 7) is 7.72. The van der Waals surface area contributed by atoms with E-state index in [1.54, 1.807) is 34.5 Å². The first-order valence-electron chi connectivity index (χ1n) is 7.35. The molecule has 0 aromatic carbocycles. The summed E-state index contributed by atoms with van der Waals surface area (Å²) in [5.41, 5.74) is 0.771. The minimum Gasteiger partial charge on any atom is -0.450 e. The van der Waals surface area contributed by atoms with E-state index >= 15 is 0 Å². The third-order valence-corrected chi connectivity index (χ3v) is 4.20. The number of rotatable bonds is 3. The van der Waals surface area contributed by atoms with E-state index in [4.69, 9.17) is 16.3 Å². The topological polar surface area (TPSA) is 67.7 Å². The van der Waals surface area contributed by atoms with Gasteiger partial charge in [0.25, 0.3) is 0 Å². The van der Waals surface area contributed by atoms with Crippen LogP contribution in [0.25, 0.3) is 0 Å². The second-order valence-electron chi connectivity index (χ2n) is 5.21. The zero-order chi connectivity index (χ0) is 16.3. The predicted octanol–water partition coefficient (Wildman–Crippen LogP) is 1.71. The van der Waals surface area contributed by atoms with Crippen LogP contribution in [0.1, 0.15) is 25.6 Å². The Morgan fingerprint density at radius 1 is 1.32 bits per heavy atom. The van der Waals surface area contributed by atoms with Gasteiger partial charge >= 0.3 is 6.09 Å². The van der Waals surface area contributed by atoms with Gasteiger partial charge in [0.2, 0.25) is 5.91 Å². The molecule has 1 aliphatic rings. The predicted molar refractivity (Wildman–Crippen MR) is 81.9 cm³/mol. The fourth-order valence-electron chi connectivity index (χ4n) is 2.49. The van der Waals surface area contributed by atoms with Crippen LogP contribution >= 0.6 is 11.6 Å². The molecule has 1 aromatic rings. The maximum atomic E-state index is 12.5. The average Bonchev–Trinajstić information content (AvgIpc) is 2.86. The molecule has 122 valence electrons. The van der Waals surface area contributed by atoms with Gasteiger partial charge in [-0.1, -0.05) is 11.6 Å². The van der Waals surface area contributed by atoms with E-state index in [-0.39, 0.29) is 12.0 Å². The number of carbonyl (C=O) groups excluding carboxylic acids is 2. The van der Waals surface area contributed by atoms with Crippen LogP contribution in [-0.2, 0) is 9.53 Å². The van der Waals surface area contributed by atoms with Gasteiger partial charge in [0, 0.05) is 26.2 Å². The van der Waals surface area contributed by atoms with E-state index in [1.165, 1.54) is 0 Å². The molecule has 0 radical (unpaired) electrons. The van der Waals surface area contributed by atoms with Crippen LogP contribution in [0.4, 0.5) is 4.79 Å². The van der Waals surface area contributed by atoms with Crippen LogP contribution in [0, 0.1) is 6.92 Å². The maximum absolute atomic E-state index is 12.5. The number of amides is 2. The van der Waals surface area contributed by atoms with Gasteiger partial charge in [0.15, 0.2) is 0 Å². The second kappa shape index (κ2) is 7.00. The van der Waals surface area contributed by atoms with Gasteiger partial charge in [0.05, 0.1) is 23.5 Å². The highest BCUT2D eigenvalue weighted by molar-refractivity contribution is 6.31. The molecule has 0 aliphatic carbocycles. The quantitative estimate of drug-likeness (QED) is 0.847. The van der Waals surface area contributed by atoms with E-state index < -0.39 is 6.04 Å². The summed E-state index contributed by atoms with van der Waals surface area (Å²) >= 11 is 5.98. The maximum Gasteiger partial charge on any atom is 0.409 e. The molecule has 1 atom stereocenters. The van der Waals surface area contributed by atoms with Gasteiger partial charge in [-0.15, -0.1) is 0 Å². The molecule has 8 heteroatoms. The number of aromatic nitrogens is 2. The highest BCUT2D eigenvalue weighted by Crippen LogP contribution is 2.19. The minimum atomic E-state index is -0.415. The van der Waals surface area contributed by atoms with Gasteiger partial charge < -0.3 is 14.5 Å². The molecule has 1 saturated heterocycles. The Bertz CT molecular complexity index is 552. The summed E-state index contributed by atoms with van der Waals surface area (Å²) in [7, 11) is 0. The molecule has 1 unspecified atom stereocenters. The van der Waals surface area contributed by atoms with E-state index in [1.807, 2.05) is 6.92 Å². The lowest BCUT2D eigenvalue weighted by Gasteiger charge is -2.35. The standard InChI is InChI=1S/C14H21ClN4O3/c1-4-22-14(21)18-7-5-17(6-8-18)13(20)11(3)19-10(2)12(15)9-16-19/h9,11H,4-8H2,1-3H3. The molecule has 0 bridgehead atoms. The Morgan fingerprint density at radius 2 is 1.91 bits per heavy atom.